The summed E-state index contributed by atoms with van der Waals surface area (Å²) in [4.78, 5) is 2.11. The molecule has 0 aliphatic carbocycles. The van der Waals surface area contributed by atoms with Gasteiger partial charge in [-0.15, -0.1) is 23.5 Å². The average molecular weight is 271 g/mol. The molecule has 0 saturated carbocycles. The van der Waals surface area contributed by atoms with Crippen molar-refractivity contribution < 1.29 is 0 Å². The first kappa shape index (κ1) is 13.1. The molecule has 2 aromatic rings. The summed E-state index contributed by atoms with van der Waals surface area (Å²) < 4.78 is 0. The molecule has 0 aliphatic rings. The largest absolute Gasteiger partial charge is 0.192 e. The van der Waals surface area contributed by atoms with E-state index in [1.54, 1.807) is 23.5 Å². The lowest BCUT2D eigenvalue weighted by Gasteiger charge is -2.07. The number of hydrogen-bond acceptors (Lipinski definition) is 3. The number of rotatable bonds is 4. The second kappa shape index (κ2) is 6.53. The van der Waals surface area contributed by atoms with Crippen LogP contribution < -0.4 is 0 Å². The standard InChI is InChI=1S/C15H13NS2/c1-17-14-8-5-9-15(13(14)10-16)18-11-12-6-3-2-4-7-12/h2-9H,11H2,1H3. The lowest BCUT2D eigenvalue weighted by molar-refractivity contribution is 1.25. The van der Waals surface area contributed by atoms with E-state index >= 15 is 0 Å². The molecule has 0 spiro atoms. The molecule has 0 heterocycles. The number of benzene rings is 2. The van der Waals surface area contributed by atoms with E-state index in [1.807, 2.05) is 42.7 Å². The normalized spacial score (nSPS) is 10.0. The highest BCUT2D eigenvalue weighted by molar-refractivity contribution is 7.99. The molecule has 0 atom stereocenters. The molecule has 0 amide bonds. The molecular weight excluding hydrogens is 258 g/mol. The Bertz CT molecular complexity index is 558. The number of thioether (sulfide) groups is 2. The van der Waals surface area contributed by atoms with Crippen LogP contribution in [-0.4, -0.2) is 6.26 Å². The quantitative estimate of drug-likeness (QED) is 0.761. The maximum absolute atomic E-state index is 9.25. The Morgan fingerprint density at radius 3 is 2.39 bits per heavy atom. The van der Waals surface area contributed by atoms with Crippen LogP contribution in [0.4, 0.5) is 0 Å². The molecule has 0 aromatic heterocycles. The Kier molecular flexibility index (Phi) is 4.74. The highest BCUT2D eigenvalue weighted by Crippen LogP contribution is 2.31. The number of nitriles is 1. The van der Waals surface area contributed by atoms with Crippen molar-refractivity contribution in [3.05, 3.63) is 59.7 Å². The van der Waals surface area contributed by atoms with Crippen LogP contribution in [0.25, 0.3) is 0 Å². The molecular formula is C15H13NS2. The Hall–Kier alpha value is -1.37. The van der Waals surface area contributed by atoms with Gasteiger partial charge in [0.25, 0.3) is 0 Å². The van der Waals surface area contributed by atoms with E-state index in [9.17, 15) is 5.26 Å². The van der Waals surface area contributed by atoms with E-state index in [2.05, 4.69) is 18.2 Å². The fraction of sp³-hybridized carbons (Fsp3) is 0.133. The SMILES string of the molecule is CSc1cccc(SCc2ccccc2)c1C#N. The summed E-state index contributed by atoms with van der Waals surface area (Å²) in [7, 11) is 0. The van der Waals surface area contributed by atoms with Gasteiger partial charge in [-0.2, -0.15) is 5.26 Å². The molecule has 2 aromatic carbocycles. The zero-order valence-electron chi connectivity index (χ0n) is 10.1. The van der Waals surface area contributed by atoms with Gasteiger partial charge in [0.15, 0.2) is 0 Å². The number of hydrogen-bond donors (Lipinski definition) is 0. The molecule has 0 saturated heterocycles. The van der Waals surface area contributed by atoms with Crippen molar-refractivity contribution >= 4 is 23.5 Å². The van der Waals surface area contributed by atoms with Crippen LogP contribution in [0.15, 0.2) is 58.3 Å². The highest BCUT2D eigenvalue weighted by atomic mass is 32.2. The van der Waals surface area contributed by atoms with Gasteiger partial charge in [0, 0.05) is 15.5 Å². The second-order valence-corrected chi connectivity index (χ2v) is 5.58. The van der Waals surface area contributed by atoms with E-state index in [-0.39, 0.29) is 0 Å². The van der Waals surface area contributed by atoms with Crippen molar-refractivity contribution in [2.45, 2.75) is 15.5 Å². The zero-order valence-corrected chi connectivity index (χ0v) is 11.7. The summed E-state index contributed by atoms with van der Waals surface area (Å²) in [5.74, 6) is 0.896. The van der Waals surface area contributed by atoms with Crippen molar-refractivity contribution in [1.82, 2.24) is 0 Å². The van der Waals surface area contributed by atoms with Crippen molar-refractivity contribution in [3.63, 3.8) is 0 Å². The van der Waals surface area contributed by atoms with Gasteiger partial charge in [-0.3, -0.25) is 0 Å². The predicted molar refractivity (Wildman–Crippen MR) is 78.9 cm³/mol. The Labute approximate surface area is 116 Å². The zero-order chi connectivity index (χ0) is 12.8. The van der Waals surface area contributed by atoms with Gasteiger partial charge in [0.2, 0.25) is 0 Å². The summed E-state index contributed by atoms with van der Waals surface area (Å²) >= 11 is 3.34. The molecule has 18 heavy (non-hydrogen) atoms. The number of nitrogens with zero attached hydrogens (tertiary/aromatic N) is 1. The van der Waals surface area contributed by atoms with Gasteiger partial charge in [0.05, 0.1) is 5.56 Å². The maximum Gasteiger partial charge on any atom is 0.101 e. The third-order valence-corrected chi connectivity index (χ3v) is 4.47. The average Bonchev–Trinajstić information content (AvgIpc) is 2.45. The fourth-order valence-electron chi connectivity index (χ4n) is 1.65. The van der Waals surface area contributed by atoms with E-state index < -0.39 is 0 Å². The smallest absolute Gasteiger partial charge is 0.101 e. The lowest BCUT2D eigenvalue weighted by atomic mass is 10.2. The van der Waals surface area contributed by atoms with Gasteiger partial charge >= 0.3 is 0 Å². The summed E-state index contributed by atoms with van der Waals surface area (Å²) in [6, 6.07) is 18.7. The van der Waals surface area contributed by atoms with Crippen LogP contribution in [0.1, 0.15) is 11.1 Å². The molecule has 90 valence electrons. The van der Waals surface area contributed by atoms with Crippen molar-refractivity contribution in [2.24, 2.45) is 0 Å². The molecule has 1 nitrogen and oxygen atoms in total. The van der Waals surface area contributed by atoms with E-state index in [1.165, 1.54) is 5.56 Å². The van der Waals surface area contributed by atoms with Gasteiger partial charge in [-0.05, 0) is 24.0 Å². The summed E-state index contributed by atoms with van der Waals surface area (Å²) in [6.45, 7) is 0. The minimum absolute atomic E-state index is 0.797. The molecule has 0 unspecified atom stereocenters. The monoisotopic (exact) mass is 271 g/mol. The molecule has 0 radical (unpaired) electrons. The predicted octanol–water partition coefficient (Wildman–Crippen LogP) is 4.57. The summed E-state index contributed by atoms with van der Waals surface area (Å²) in [5.41, 5.74) is 2.08. The lowest BCUT2D eigenvalue weighted by Crippen LogP contribution is -1.86. The van der Waals surface area contributed by atoms with Gasteiger partial charge < -0.3 is 0 Å². The maximum atomic E-state index is 9.25. The molecule has 0 N–H and O–H groups in total. The minimum Gasteiger partial charge on any atom is -0.192 e. The van der Waals surface area contributed by atoms with Gasteiger partial charge in [-0.25, -0.2) is 0 Å². The fourth-order valence-corrected chi connectivity index (χ4v) is 3.28. The van der Waals surface area contributed by atoms with Crippen molar-refractivity contribution in [2.75, 3.05) is 6.26 Å². The van der Waals surface area contributed by atoms with Crippen LogP contribution in [0.3, 0.4) is 0 Å². The van der Waals surface area contributed by atoms with Crippen LogP contribution in [0.5, 0.6) is 0 Å². The van der Waals surface area contributed by atoms with E-state index in [0.29, 0.717) is 0 Å². The molecule has 2 rings (SSSR count). The van der Waals surface area contributed by atoms with E-state index in [4.69, 9.17) is 0 Å². The molecule has 0 bridgehead atoms. The van der Waals surface area contributed by atoms with Crippen LogP contribution in [0.2, 0.25) is 0 Å². The summed E-state index contributed by atoms with van der Waals surface area (Å²) in [5, 5.41) is 9.25. The van der Waals surface area contributed by atoms with Crippen molar-refractivity contribution in [1.29, 1.82) is 5.26 Å². The first-order valence-corrected chi connectivity index (χ1v) is 7.80. The second-order valence-electron chi connectivity index (χ2n) is 3.72. The topological polar surface area (TPSA) is 23.8 Å². The van der Waals surface area contributed by atoms with Crippen LogP contribution in [-0.2, 0) is 5.75 Å². The highest BCUT2D eigenvalue weighted by Gasteiger charge is 2.07. The Morgan fingerprint density at radius 1 is 1.00 bits per heavy atom. The van der Waals surface area contributed by atoms with Crippen LogP contribution in [0, 0.1) is 11.3 Å². The first-order valence-electron chi connectivity index (χ1n) is 5.59. The summed E-state index contributed by atoms with van der Waals surface area (Å²) in [6.07, 6.45) is 2.00. The third kappa shape index (κ3) is 3.10. The Balaban J connectivity index is 2.17. The molecule has 3 heteroatoms. The first-order chi connectivity index (χ1) is 8.85. The molecule has 0 aliphatic heterocycles. The minimum atomic E-state index is 0.797. The molecule has 0 fully saturated rings. The Morgan fingerprint density at radius 2 is 1.72 bits per heavy atom. The van der Waals surface area contributed by atoms with Crippen molar-refractivity contribution in [3.8, 4) is 6.07 Å². The van der Waals surface area contributed by atoms with Gasteiger partial charge in [-0.1, -0.05) is 36.4 Å². The van der Waals surface area contributed by atoms with E-state index in [0.717, 1.165) is 21.1 Å². The van der Waals surface area contributed by atoms with Crippen LogP contribution >= 0.6 is 23.5 Å². The van der Waals surface area contributed by atoms with Gasteiger partial charge in [0.1, 0.15) is 6.07 Å². The third-order valence-electron chi connectivity index (χ3n) is 2.56.